The Morgan fingerprint density at radius 3 is 2.31 bits per heavy atom. The molecule has 0 spiro atoms. The Bertz CT molecular complexity index is 2150. The van der Waals surface area contributed by atoms with Crippen LogP contribution in [0.25, 0.3) is 16.5 Å². The first kappa shape index (κ1) is 31.7. The summed E-state index contributed by atoms with van der Waals surface area (Å²) in [6.45, 7) is 10.1. The molecule has 0 aliphatic heterocycles. The Kier molecular flexibility index (Phi) is 8.51. The molecule has 242 valence electrons. The van der Waals surface area contributed by atoms with Crippen LogP contribution in [0.3, 0.4) is 0 Å². The zero-order chi connectivity index (χ0) is 34.0. The summed E-state index contributed by atoms with van der Waals surface area (Å²) in [6.07, 6.45) is 1.55. The van der Waals surface area contributed by atoms with Crippen molar-refractivity contribution in [2.45, 2.75) is 40.0 Å². The number of hydrogen-bond donors (Lipinski definition) is 4. The zero-order valence-electron chi connectivity index (χ0n) is 27.2. The summed E-state index contributed by atoms with van der Waals surface area (Å²) in [4.78, 5) is 33.6. The average molecular weight is 642 g/mol. The molecule has 0 aliphatic carbocycles. The maximum absolute atomic E-state index is 13.4. The number of rotatable bonds is 8. The van der Waals surface area contributed by atoms with Gasteiger partial charge in [0, 0.05) is 40.2 Å². The van der Waals surface area contributed by atoms with Gasteiger partial charge in [-0.2, -0.15) is 10.1 Å². The van der Waals surface area contributed by atoms with Gasteiger partial charge < -0.3 is 20.5 Å². The SMILES string of the molecule is Cc1ccc(-n2nc(C(C)(C)C)cc2NC(=O)Nc2ccc(Oc3ccnc(Nc4cc(C)cc(C(=O)O)c4)n3)c3ccccc23)cc1. The van der Waals surface area contributed by atoms with E-state index in [1.165, 1.54) is 6.07 Å². The minimum Gasteiger partial charge on any atom is -0.478 e. The number of benzene rings is 4. The first-order valence-electron chi connectivity index (χ1n) is 15.3. The van der Waals surface area contributed by atoms with Crippen molar-refractivity contribution in [3.63, 3.8) is 0 Å². The molecule has 11 nitrogen and oxygen atoms in total. The number of carboxylic acid groups (broad SMARTS) is 1. The van der Waals surface area contributed by atoms with Crippen LogP contribution in [0.5, 0.6) is 11.6 Å². The lowest BCUT2D eigenvalue weighted by Crippen LogP contribution is -2.21. The number of anilines is 4. The van der Waals surface area contributed by atoms with Crippen LogP contribution in [0.1, 0.15) is 48.0 Å². The third-order valence-electron chi connectivity index (χ3n) is 7.56. The van der Waals surface area contributed by atoms with Gasteiger partial charge >= 0.3 is 12.0 Å². The van der Waals surface area contributed by atoms with Crippen LogP contribution in [-0.2, 0) is 5.41 Å². The van der Waals surface area contributed by atoms with E-state index in [1.807, 2.05) is 68.4 Å². The second kappa shape index (κ2) is 12.9. The molecule has 6 rings (SSSR count). The minimum atomic E-state index is -1.02. The lowest BCUT2D eigenvalue weighted by Gasteiger charge is -2.14. The molecule has 4 aromatic carbocycles. The standard InChI is InChI=1S/C37H35N7O4/c1-22-10-12-26(13-11-22)44-32(21-31(43-44)37(3,4)5)41-36(47)40-29-14-15-30(28-9-7-6-8-27(28)29)48-33-16-17-38-35(42-33)39-25-19-23(2)18-24(20-25)34(45)46/h6-21H,1-5H3,(H,45,46)(H,38,39,42)(H2,40,41,47). The molecule has 0 fully saturated rings. The van der Waals surface area contributed by atoms with E-state index in [0.29, 0.717) is 22.9 Å². The lowest BCUT2D eigenvalue weighted by molar-refractivity contribution is 0.0696. The number of amides is 2. The van der Waals surface area contributed by atoms with Gasteiger partial charge in [-0.3, -0.25) is 5.32 Å². The molecule has 0 unspecified atom stereocenters. The molecule has 2 heterocycles. The van der Waals surface area contributed by atoms with Gasteiger partial charge in [-0.25, -0.2) is 19.3 Å². The summed E-state index contributed by atoms with van der Waals surface area (Å²) >= 11 is 0. The number of carbonyl (C=O) groups is 2. The number of urea groups is 1. The normalized spacial score (nSPS) is 11.3. The van der Waals surface area contributed by atoms with Crippen LogP contribution in [0.4, 0.5) is 27.9 Å². The first-order chi connectivity index (χ1) is 22.9. The predicted octanol–water partition coefficient (Wildman–Crippen LogP) is 8.61. The van der Waals surface area contributed by atoms with Crippen molar-refractivity contribution in [1.82, 2.24) is 19.7 Å². The average Bonchev–Trinajstić information content (AvgIpc) is 3.47. The summed E-state index contributed by atoms with van der Waals surface area (Å²) < 4.78 is 7.93. The van der Waals surface area contributed by atoms with E-state index in [0.717, 1.165) is 33.3 Å². The van der Waals surface area contributed by atoms with E-state index in [1.54, 1.807) is 41.2 Å². The molecular weight excluding hydrogens is 606 g/mol. The Labute approximate surface area is 277 Å². The van der Waals surface area contributed by atoms with Crippen molar-refractivity contribution in [2.75, 3.05) is 16.0 Å². The number of nitrogens with one attached hydrogen (secondary N) is 3. The number of fused-ring (bicyclic) bond motifs is 1. The fourth-order valence-corrected chi connectivity index (χ4v) is 5.14. The van der Waals surface area contributed by atoms with Gasteiger partial charge in [-0.1, -0.05) is 62.7 Å². The smallest absolute Gasteiger partial charge is 0.335 e. The Morgan fingerprint density at radius 1 is 0.833 bits per heavy atom. The number of aryl methyl sites for hydroxylation is 2. The van der Waals surface area contributed by atoms with E-state index in [2.05, 4.69) is 46.7 Å². The van der Waals surface area contributed by atoms with Crippen molar-refractivity contribution in [2.24, 2.45) is 0 Å². The second-order valence-corrected chi connectivity index (χ2v) is 12.5. The van der Waals surface area contributed by atoms with E-state index in [9.17, 15) is 14.7 Å². The molecule has 48 heavy (non-hydrogen) atoms. The molecule has 4 N–H and O–H groups in total. The minimum absolute atomic E-state index is 0.158. The Morgan fingerprint density at radius 2 is 1.58 bits per heavy atom. The number of carbonyl (C=O) groups excluding carboxylic acids is 1. The number of ether oxygens (including phenoxy) is 1. The van der Waals surface area contributed by atoms with Crippen molar-refractivity contribution < 1.29 is 19.4 Å². The Hall–Kier alpha value is -6.23. The van der Waals surface area contributed by atoms with Crippen molar-refractivity contribution in [1.29, 1.82) is 0 Å². The summed E-state index contributed by atoms with van der Waals surface area (Å²) in [5.74, 6) is 0.570. The highest BCUT2D eigenvalue weighted by Crippen LogP contribution is 2.35. The van der Waals surface area contributed by atoms with E-state index in [4.69, 9.17) is 9.84 Å². The summed E-state index contributed by atoms with van der Waals surface area (Å²) in [5, 5.41) is 24.8. The molecular formula is C37H35N7O4. The highest BCUT2D eigenvalue weighted by Gasteiger charge is 2.22. The number of aromatic carboxylic acids is 1. The van der Waals surface area contributed by atoms with Crippen LogP contribution in [0.15, 0.2) is 97.2 Å². The molecule has 0 aliphatic rings. The summed E-state index contributed by atoms with van der Waals surface area (Å²) in [6, 6.07) is 27.1. The molecule has 2 amide bonds. The highest BCUT2D eigenvalue weighted by molar-refractivity contribution is 6.07. The van der Waals surface area contributed by atoms with Crippen LogP contribution in [0.2, 0.25) is 0 Å². The number of hydrogen-bond acceptors (Lipinski definition) is 7. The predicted molar refractivity (Wildman–Crippen MR) is 187 cm³/mol. The fraction of sp³-hybridized carbons (Fsp3) is 0.162. The molecule has 0 atom stereocenters. The van der Waals surface area contributed by atoms with E-state index in [-0.39, 0.29) is 22.8 Å². The van der Waals surface area contributed by atoms with Crippen LogP contribution < -0.4 is 20.7 Å². The van der Waals surface area contributed by atoms with Crippen LogP contribution in [0, 0.1) is 13.8 Å². The maximum Gasteiger partial charge on any atom is 0.335 e. The molecule has 11 heteroatoms. The van der Waals surface area contributed by atoms with Gasteiger partial charge in [-0.05, 0) is 61.9 Å². The second-order valence-electron chi connectivity index (χ2n) is 12.5. The van der Waals surface area contributed by atoms with Gasteiger partial charge in [0.15, 0.2) is 0 Å². The first-order valence-corrected chi connectivity index (χ1v) is 15.3. The molecule has 2 aromatic heterocycles. The molecule has 0 saturated carbocycles. The monoisotopic (exact) mass is 641 g/mol. The number of carboxylic acids is 1. The van der Waals surface area contributed by atoms with Gasteiger partial charge in [0.1, 0.15) is 11.6 Å². The third-order valence-corrected chi connectivity index (χ3v) is 7.56. The van der Waals surface area contributed by atoms with Gasteiger partial charge in [0.2, 0.25) is 11.8 Å². The van der Waals surface area contributed by atoms with Gasteiger partial charge in [-0.15, -0.1) is 0 Å². The van der Waals surface area contributed by atoms with Crippen molar-refractivity contribution in [3.05, 3.63) is 120 Å². The van der Waals surface area contributed by atoms with E-state index >= 15 is 0 Å². The van der Waals surface area contributed by atoms with E-state index < -0.39 is 12.0 Å². The molecule has 0 saturated heterocycles. The third kappa shape index (κ3) is 7.10. The number of aromatic nitrogens is 4. The highest BCUT2D eigenvalue weighted by atomic mass is 16.5. The topological polar surface area (TPSA) is 143 Å². The van der Waals surface area contributed by atoms with Crippen molar-refractivity contribution in [3.8, 4) is 17.3 Å². The maximum atomic E-state index is 13.4. The van der Waals surface area contributed by atoms with Gasteiger partial charge in [0.05, 0.1) is 22.6 Å². The quantitative estimate of drug-likeness (QED) is 0.129. The summed E-state index contributed by atoms with van der Waals surface area (Å²) in [5.41, 5.74) is 4.66. The van der Waals surface area contributed by atoms with Crippen LogP contribution >= 0.6 is 0 Å². The summed E-state index contributed by atoms with van der Waals surface area (Å²) in [7, 11) is 0. The largest absolute Gasteiger partial charge is 0.478 e. The molecule has 6 aromatic rings. The van der Waals surface area contributed by atoms with Crippen molar-refractivity contribution >= 4 is 45.9 Å². The Balaban J connectivity index is 1.23. The fourth-order valence-electron chi connectivity index (χ4n) is 5.14. The molecule has 0 radical (unpaired) electrons. The van der Waals surface area contributed by atoms with Crippen LogP contribution in [-0.4, -0.2) is 36.9 Å². The molecule has 0 bridgehead atoms. The van der Waals surface area contributed by atoms with Gasteiger partial charge in [0.25, 0.3) is 0 Å². The number of nitrogens with zero attached hydrogens (tertiary/aromatic N) is 4. The lowest BCUT2D eigenvalue weighted by atomic mass is 9.92. The zero-order valence-corrected chi connectivity index (χ0v) is 27.2.